The Labute approximate surface area is 113 Å². The van der Waals surface area contributed by atoms with Crippen LogP contribution in [0, 0.1) is 6.92 Å². The smallest absolute Gasteiger partial charge is 0.0863 e. The minimum absolute atomic E-state index is 0.379. The third kappa shape index (κ3) is 6.40. The lowest BCUT2D eigenvalue weighted by atomic mass is 10.1. The van der Waals surface area contributed by atoms with Gasteiger partial charge in [-0.25, -0.2) is 0 Å². The number of hydrogen-bond acceptors (Lipinski definition) is 4. The van der Waals surface area contributed by atoms with Gasteiger partial charge in [0.1, 0.15) is 0 Å². The molecule has 3 nitrogen and oxygen atoms in total. The van der Waals surface area contributed by atoms with Crippen LogP contribution in [0.2, 0.25) is 0 Å². The van der Waals surface area contributed by atoms with Crippen LogP contribution < -0.4 is 0 Å². The second-order valence-corrected chi connectivity index (χ2v) is 5.19. The molecule has 1 rings (SSSR count). The van der Waals surface area contributed by atoms with E-state index in [0.717, 1.165) is 5.75 Å². The highest BCUT2D eigenvalue weighted by atomic mass is 32.2. The van der Waals surface area contributed by atoms with Crippen LogP contribution in [0.15, 0.2) is 24.3 Å². The second kappa shape index (κ2) is 9.39. The normalized spacial score (nSPS) is 12.6. The molecule has 0 aliphatic rings. The molecule has 1 unspecified atom stereocenters. The molecule has 0 saturated carbocycles. The Kier molecular flexibility index (Phi) is 8.09. The Balaban J connectivity index is 2.12. The Morgan fingerprint density at radius 2 is 2.06 bits per heavy atom. The van der Waals surface area contributed by atoms with Crippen molar-refractivity contribution in [3.05, 3.63) is 35.4 Å². The second-order valence-electron chi connectivity index (χ2n) is 4.16. The van der Waals surface area contributed by atoms with Crippen LogP contribution in [-0.2, 0) is 15.2 Å². The highest BCUT2D eigenvalue weighted by molar-refractivity contribution is 7.98. The lowest BCUT2D eigenvalue weighted by Crippen LogP contribution is -2.19. The van der Waals surface area contributed by atoms with Gasteiger partial charge in [-0.3, -0.25) is 0 Å². The molecule has 0 bridgehead atoms. The van der Waals surface area contributed by atoms with Gasteiger partial charge in [0.2, 0.25) is 0 Å². The van der Waals surface area contributed by atoms with Crippen molar-refractivity contribution in [1.29, 1.82) is 0 Å². The van der Waals surface area contributed by atoms with Crippen molar-refractivity contribution in [3.8, 4) is 0 Å². The number of thioether (sulfide) groups is 1. The fraction of sp³-hybridized carbons (Fsp3) is 0.571. The highest BCUT2D eigenvalue weighted by Crippen LogP contribution is 2.16. The van der Waals surface area contributed by atoms with E-state index in [2.05, 4.69) is 19.1 Å². The van der Waals surface area contributed by atoms with Crippen molar-refractivity contribution in [1.82, 2.24) is 0 Å². The van der Waals surface area contributed by atoms with E-state index in [0.29, 0.717) is 25.6 Å². The van der Waals surface area contributed by atoms with Gasteiger partial charge < -0.3 is 14.6 Å². The van der Waals surface area contributed by atoms with Gasteiger partial charge in [0.25, 0.3) is 0 Å². The van der Waals surface area contributed by atoms with Crippen LogP contribution in [-0.4, -0.2) is 43.9 Å². The quantitative estimate of drug-likeness (QED) is 0.699. The maximum atomic E-state index is 9.71. The Hall–Kier alpha value is -0.550. The topological polar surface area (TPSA) is 38.7 Å². The number of ether oxygens (including phenoxy) is 2. The summed E-state index contributed by atoms with van der Waals surface area (Å²) >= 11 is 1.73. The van der Waals surface area contributed by atoms with Gasteiger partial charge in [0, 0.05) is 18.6 Å². The zero-order valence-electron chi connectivity index (χ0n) is 11.1. The molecule has 0 aromatic heterocycles. The summed E-state index contributed by atoms with van der Waals surface area (Å²) in [6.45, 7) is 3.60. The van der Waals surface area contributed by atoms with Gasteiger partial charge >= 0.3 is 0 Å². The lowest BCUT2D eigenvalue weighted by Gasteiger charge is -2.11. The standard InChI is InChI=1S/C14H22O3S/c1-12-5-3-4-6-13(12)10-18-11-14(15)9-17-8-7-16-2/h3-6,14-15H,7-11H2,1-2H3. The monoisotopic (exact) mass is 270 g/mol. The van der Waals surface area contributed by atoms with Gasteiger partial charge in [0.15, 0.2) is 0 Å². The molecule has 0 spiro atoms. The van der Waals surface area contributed by atoms with E-state index < -0.39 is 6.10 Å². The van der Waals surface area contributed by atoms with Crippen LogP contribution in [0.3, 0.4) is 0 Å². The zero-order valence-corrected chi connectivity index (χ0v) is 11.9. The molecule has 102 valence electrons. The molecule has 0 aliphatic heterocycles. The van der Waals surface area contributed by atoms with E-state index in [4.69, 9.17) is 9.47 Å². The first-order valence-corrected chi connectivity index (χ1v) is 7.26. The minimum atomic E-state index is -0.407. The van der Waals surface area contributed by atoms with E-state index in [1.54, 1.807) is 18.9 Å². The highest BCUT2D eigenvalue weighted by Gasteiger charge is 2.05. The van der Waals surface area contributed by atoms with Crippen LogP contribution >= 0.6 is 11.8 Å². The predicted octanol–water partition coefficient (Wildman–Crippen LogP) is 2.25. The van der Waals surface area contributed by atoms with Gasteiger partial charge in [0.05, 0.1) is 25.9 Å². The molecule has 0 fully saturated rings. The van der Waals surface area contributed by atoms with Gasteiger partial charge in [-0.1, -0.05) is 24.3 Å². The number of hydrogen-bond donors (Lipinski definition) is 1. The number of aliphatic hydroxyl groups excluding tert-OH is 1. The molecular formula is C14H22O3S. The summed E-state index contributed by atoms with van der Waals surface area (Å²) in [4.78, 5) is 0. The SMILES string of the molecule is COCCOCC(O)CSCc1ccccc1C. The predicted molar refractivity (Wildman–Crippen MR) is 76.0 cm³/mol. The molecule has 0 amide bonds. The zero-order chi connectivity index (χ0) is 13.2. The fourth-order valence-corrected chi connectivity index (χ4v) is 2.52. The summed E-state index contributed by atoms with van der Waals surface area (Å²) in [5.41, 5.74) is 2.63. The van der Waals surface area contributed by atoms with E-state index >= 15 is 0 Å². The molecule has 1 atom stereocenters. The molecule has 0 saturated heterocycles. The molecule has 1 N–H and O–H groups in total. The van der Waals surface area contributed by atoms with Crippen molar-refractivity contribution in [2.24, 2.45) is 0 Å². The van der Waals surface area contributed by atoms with Crippen LogP contribution in [0.5, 0.6) is 0 Å². The van der Waals surface area contributed by atoms with E-state index in [1.165, 1.54) is 11.1 Å². The maximum Gasteiger partial charge on any atom is 0.0863 e. The third-order valence-corrected chi connectivity index (χ3v) is 3.71. The lowest BCUT2D eigenvalue weighted by molar-refractivity contribution is 0.0218. The molecule has 4 heteroatoms. The van der Waals surface area contributed by atoms with Gasteiger partial charge in [-0.05, 0) is 18.1 Å². The summed E-state index contributed by atoms with van der Waals surface area (Å²) < 4.78 is 10.1. The van der Waals surface area contributed by atoms with E-state index in [9.17, 15) is 5.11 Å². The van der Waals surface area contributed by atoms with Crippen molar-refractivity contribution >= 4 is 11.8 Å². The van der Waals surface area contributed by atoms with Crippen molar-refractivity contribution in [2.75, 3.05) is 32.7 Å². The first-order valence-electron chi connectivity index (χ1n) is 6.11. The fourth-order valence-electron chi connectivity index (χ4n) is 1.49. The van der Waals surface area contributed by atoms with Crippen LogP contribution in [0.4, 0.5) is 0 Å². The first-order chi connectivity index (χ1) is 8.74. The number of aliphatic hydroxyl groups is 1. The molecule has 1 aromatic carbocycles. The van der Waals surface area contributed by atoms with Gasteiger partial charge in [-0.15, -0.1) is 0 Å². The Morgan fingerprint density at radius 3 is 2.78 bits per heavy atom. The molecule has 18 heavy (non-hydrogen) atoms. The first kappa shape index (κ1) is 15.5. The molecule has 1 aromatic rings. The van der Waals surface area contributed by atoms with Crippen LogP contribution in [0.1, 0.15) is 11.1 Å². The number of benzene rings is 1. The average Bonchev–Trinajstić information content (AvgIpc) is 2.37. The number of rotatable bonds is 9. The summed E-state index contributed by atoms with van der Waals surface area (Å²) in [7, 11) is 1.64. The van der Waals surface area contributed by atoms with E-state index in [-0.39, 0.29) is 0 Å². The Bertz CT molecular complexity index is 331. The summed E-state index contributed by atoms with van der Waals surface area (Å²) in [5, 5.41) is 9.71. The Morgan fingerprint density at radius 1 is 1.28 bits per heavy atom. The van der Waals surface area contributed by atoms with Crippen LogP contribution in [0.25, 0.3) is 0 Å². The van der Waals surface area contributed by atoms with Crippen molar-refractivity contribution in [2.45, 2.75) is 18.8 Å². The molecule has 0 aliphatic carbocycles. The molecule has 0 heterocycles. The average molecular weight is 270 g/mol. The maximum absolute atomic E-state index is 9.71. The van der Waals surface area contributed by atoms with E-state index in [1.807, 2.05) is 12.1 Å². The van der Waals surface area contributed by atoms with Crippen molar-refractivity contribution in [3.63, 3.8) is 0 Å². The van der Waals surface area contributed by atoms with Crippen molar-refractivity contribution < 1.29 is 14.6 Å². The number of methoxy groups -OCH3 is 1. The summed E-state index contributed by atoms with van der Waals surface area (Å²) in [5.74, 6) is 1.63. The number of aryl methyl sites for hydroxylation is 1. The van der Waals surface area contributed by atoms with Gasteiger partial charge in [-0.2, -0.15) is 11.8 Å². The summed E-state index contributed by atoms with van der Waals surface area (Å²) in [6, 6.07) is 8.33. The minimum Gasteiger partial charge on any atom is -0.390 e. The molecule has 0 radical (unpaired) electrons. The third-order valence-electron chi connectivity index (χ3n) is 2.57. The largest absolute Gasteiger partial charge is 0.390 e. The molecular weight excluding hydrogens is 248 g/mol. The summed E-state index contributed by atoms with van der Waals surface area (Å²) in [6.07, 6.45) is -0.407.